The highest BCUT2D eigenvalue weighted by molar-refractivity contribution is 7.13. The summed E-state index contributed by atoms with van der Waals surface area (Å²) in [6.45, 7) is 1.84. The second-order valence-corrected chi connectivity index (χ2v) is 7.67. The Morgan fingerprint density at radius 1 is 0.964 bits per heavy atom. The Morgan fingerprint density at radius 3 is 2.61 bits per heavy atom. The molecule has 0 aliphatic carbocycles. The molecular formula is C20H19N7S. The van der Waals surface area contributed by atoms with E-state index < -0.39 is 0 Å². The van der Waals surface area contributed by atoms with E-state index in [-0.39, 0.29) is 0 Å². The fourth-order valence-corrected chi connectivity index (χ4v) is 4.30. The molecule has 1 fully saturated rings. The van der Waals surface area contributed by atoms with Crippen LogP contribution in [0.3, 0.4) is 0 Å². The van der Waals surface area contributed by atoms with Crippen LogP contribution >= 0.6 is 11.3 Å². The Morgan fingerprint density at radius 2 is 1.82 bits per heavy atom. The van der Waals surface area contributed by atoms with Gasteiger partial charge in [-0.15, -0.1) is 11.3 Å². The van der Waals surface area contributed by atoms with Gasteiger partial charge < -0.3 is 9.47 Å². The summed E-state index contributed by atoms with van der Waals surface area (Å²) in [7, 11) is 0. The van der Waals surface area contributed by atoms with Crippen molar-refractivity contribution in [2.24, 2.45) is 0 Å². The molecule has 0 radical (unpaired) electrons. The third-order valence-corrected chi connectivity index (χ3v) is 5.81. The molecule has 0 unspecified atom stereocenters. The highest BCUT2D eigenvalue weighted by Crippen LogP contribution is 2.29. The van der Waals surface area contributed by atoms with E-state index in [0.29, 0.717) is 6.04 Å². The monoisotopic (exact) mass is 389 g/mol. The van der Waals surface area contributed by atoms with E-state index in [2.05, 4.69) is 34.4 Å². The maximum absolute atomic E-state index is 4.59. The number of rotatable bonds is 4. The molecule has 1 saturated heterocycles. The molecule has 8 heteroatoms. The fraction of sp³-hybridized carbons (Fsp3) is 0.250. The van der Waals surface area contributed by atoms with Gasteiger partial charge in [-0.25, -0.2) is 24.9 Å². The number of nitrogens with zero attached hydrogens (tertiary/aromatic N) is 7. The maximum Gasteiger partial charge on any atom is 0.225 e. The lowest BCUT2D eigenvalue weighted by Gasteiger charge is -2.34. The molecule has 1 aliphatic heterocycles. The van der Waals surface area contributed by atoms with Crippen LogP contribution in [0.25, 0.3) is 22.1 Å². The lowest BCUT2D eigenvalue weighted by Crippen LogP contribution is -2.37. The molecule has 28 heavy (non-hydrogen) atoms. The Balaban J connectivity index is 1.40. The highest BCUT2D eigenvalue weighted by atomic mass is 32.1. The van der Waals surface area contributed by atoms with Gasteiger partial charge in [0, 0.05) is 50.3 Å². The van der Waals surface area contributed by atoms with Gasteiger partial charge in [0.05, 0.1) is 16.5 Å². The topological polar surface area (TPSA) is 72.6 Å². The number of aromatic nitrogens is 6. The van der Waals surface area contributed by atoms with Gasteiger partial charge >= 0.3 is 0 Å². The summed E-state index contributed by atoms with van der Waals surface area (Å²) in [6, 6.07) is 6.20. The van der Waals surface area contributed by atoms with Crippen molar-refractivity contribution in [1.82, 2.24) is 29.5 Å². The minimum atomic E-state index is 0.312. The van der Waals surface area contributed by atoms with Crippen LogP contribution in [0, 0.1) is 0 Å². The summed E-state index contributed by atoms with van der Waals surface area (Å²) >= 11 is 1.64. The molecule has 0 N–H and O–H groups in total. The molecule has 1 atom stereocenters. The van der Waals surface area contributed by atoms with Gasteiger partial charge in [0.1, 0.15) is 5.82 Å². The smallest absolute Gasteiger partial charge is 0.225 e. The van der Waals surface area contributed by atoms with Crippen LogP contribution in [0.1, 0.15) is 18.9 Å². The average molecular weight is 389 g/mol. The predicted octanol–water partition coefficient (Wildman–Crippen LogP) is 3.70. The van der Waals surface area contributed by atoms with Crippen LogP contribution in [-0.4, -0.2) is 42.6 Å². The van der Waals surface area contributed by atoms with Crippen molar-refractivity contribution in [2.75, 3.05) is 18.0 Å². The first-order chi connectivity index (χ1) is 13.9. The minimum absolute atomic E-state index is 0.312. The van der Waals surface area contributed by atoms with Crippen molar-refractivity contribution >= 4 is 17.3 Å². The first-order valence-corrected chi connectivity index (χ1v) is 10.2. The largest absolute Gasteiger partial charge is 0.339 e. The number of hydrogen-bond donors (Lipinski definition) is 0. The van der Waals surface area contributed by atoms with Crippen molar-refractivity contribution in [2.45, 2.75) is 18.9 Å². The lowest BCUT2D eigenvalue weighted by molar-refractivity contribution is 0.404. The van der Waals surface area contributed by atoms with Crippen molar-refractivity contribution in [3.05, 3.63) is 60.8 Å². The molecule has 5 heterocycles. The van der Waals surface area contributed by atoms with E-state index in [4.69, 9.17) is 0 Å². The molecular weight excluding hydrogens is 370 g/mol. The molecule has 7 nitrogen and oxygen atoms in total. The summed E-state index contributed by atoms with van der Waals surface area (Å²) in [5, 5.41) is 2.03. The van der Waals surface area contributed by atoms with Crippen LogP contribution in [0.5, 0.6) is 0 Å². The van der Waals surface area contributed by atoms with Crippen LogP contribution in [0.15, 0.2) is 60.8 Å². The third-order valence-electron chi connectivity index (χ3n) is 4.95. The van der Waals surface area contributed by atoms with Gasteiger partial charge in [-0.05, 0) is 30.4 Å². The molecule has 4 aromatic rings. The van der Waals surface area contributed by atoms with Gasteiger partial charge in [-0.2, -0.15) is 0 Å². The van der Waals surface area contributed by atoms with Gasteiger partial charge in [-0.3, -0.25) is 0 Å². The van der Waals surface area contributed by atoms with Gasteiger partial charge in [0.25, 0.3) is 0 Å². The first kappa shape index (κ1) is 17.0. The molecule has 0 aromatic carbocycles. The molecule has 1 aliphatic rings. The molecule has 0 saturated carbocycles. The normalized spacial score (nSPS) is 17.0. The van der Waals surface area contributed by atoms with E-state index in [0.717, 1.165) is 54.0 Å². The molecule has 5 rings (SSSR count). The maximum atomic E-state index is 4.59. The molecule has 0 amide bonds. The average Bonchev–Trinajstić information content (AvgIpc) is 3.47. The van der Waals surface area contributed by atoms with Crippen LogP contribution in [0.4, 0.5) is 5.95 Å². The number of anilines is 1. The third kappa shape index (κ3) is 3.27. The molecule has 0 spiro atoms. The number of hydrogen-bond acceptors (Lipinski definition) is 7. The standard InChI is InChI=1S/C20H19N7S/c1-4-16(14-26(9-1)20-22-6-3-7-23-20)27-10-8-21-19(27)15-12-24-18(25-13-15)17-5-2-11-28-17/h2-3,5-8,10-13,16H,1,4,9,14H2/t16-/m0/s1. The highest BCUT2D eigenvalue weighted by Gasteiger charge is 2.25. The summed E-state index contributed by atoms with van der Waals surface area (Å²) in [4.78, 5) is 25.8. The second kappa shape index (κ2) is 7.47. The van der Waals surface area contributed by atoms with Crippen molar-refractivity contribution in [3.8, 4) is 22.1 Å². The zero-order valence-electron chi connectivity index (χ0n) is 15.2. The second-order valence-electron chi connectivity index (χ2n) is 6.72. The van der Waals surface area contributed by atoms with Gasteiger partial charge in [0.15, 0.2) is 5.82 Å². The van der Waals surface area contributed by atoms with Crippen molar-refractivity contribution in [3.63, 3.8) is 0 Å². The van der Waals surface area contributed by atoms with Gasteiger partial charge in [0.2, 0.25) is 5.95 Å². The van der Waals surface area contributed by atoms with Crippen LogP contribution in [-0.2, 0) is 0 Å². The summed E-state index contributed by atoms with van der Waals surface area (Å²) < 4.78 is 2.23. The molecule has 4 aromatic heterocycles. The predicted molar refractivity (Wildman–Crippen MR) is 109 cm³/mol. The number of imidazole rings is 1. The van der Waals surface area contributed by atoms with Crippen LogP contribution in [0.2, 0.25) is 0 Å². The summed E-state index contributed by atoms with van der Waals surface area (Å²) in [6.07, 6.45) is 13.4. The molecule has 0 bridgehead atoms. The lowest BCUT2D eigenvalue weighted by atomic mass is 10.1. The summed E-state index contributed by atoms with van der Waals surface area (Å²) in [5.41, 5.74) is 0.929. The van der Waals surface area contributed by atoms with Crippen molar-refractivity contribution < 1.29 is 0 Å². The molecule has 140 valence electrons. The van der Waals surface area contributed by atoms with E-state index >= 15 is 0 Å². The number of thiophene rings is 1. The Hall–Kier alpha value is -3.13. The van der Waals surface area contributed by atoms with E-state index in [1.807, 2.05) is 48.4 Å². The quantitative estimate of drug-likeness (QED) is 0.530. The van der Waals surface area contributed by atoms with E-state index in [9.17, 15) is 0 Å². The zero-order chi connectivity index (χ0) is 18.8. The SMILES string of the molecule is c1cnc(N2CCC[C@H](n3ccnc3-c3cnc(-c4cccs4)nc3)C2)nc1. The van der Waals surface area contributed by atoms with E-state index in [1.54, 1.807) is 23.7 Å². The van der Waals surface area contributed by atoms with Crippen molar-refractivity contribution in [1.29, 1.82) is 0 Å². The van der Waals surface area contributed by atoms with Crippen LogP contribution < -0.4 is 4.90 Å². The van der Waals surface area contributed by atoms with Gasteiger partial charge in [-0.1, -0.05) is 6.07 Å². The van der Waals surface area contributed by atoms with E-state index in [1.165, 1.54) is 0 Å². The first-order valence-electron chi connectivity index (χ1n) is 9.29. The Bertz CT molecular complexity index is 1030. The minimum Gasteiger partial charge on any atom is -0.339 e. The number of piperidine rings is 1. The fourth-order valence-electron chi connectivity index (χ4n) is 3.63. The summed E-state index contributed by atoms with van der Waals surface area (Å²) in [5.74, 6) is 2.44. The zero-order valence-corrected chi connectivity index (χ0v) is 16.0. The Labute approximate surface area is 166 Å². The Kier molecular flexibility index (Phi) is 4.54.